The summed E-state index contributed by atoms with van der Waals surface area (Å²) in [5.41, 5.74) is 6.57. The number of rotatable bonds is 2. The van der Waals surface area contributed by atoms with Gasteiger partial charge in [0.1, 0.15) is 0 Å². The molecule has 2 N–H and O–H groups in total. The van der Waals surface area contributed by atoms with E-state index in [0.29, 0.717) is 0 Å². The number of aromatic nitrogens is 2. The Morgan fingerprint density at radius 1 is 1.29 bits per heavy atom. The third-order valence-corrected chi connectivity index (χ3v) is 2.21. The molecule has 0 bridgehead atoms. The molecule has 6 heteroatoms. The SMILES string of the molecule is Cc1cnc(Oc2c(N)cc(Cl)cc2F)nc1. The number of nitrogen functional groups attached to an aromatic ring is 1. The molecular formula is C11H9ClFN3O. The fourth-order valence-corrected chi connectivity index (χ4v) is 1.43. The van der Waals surface area contributed by atoms with E-state index in [1.54, 1.807) is 12.4 Å². The zero-order chi connectivity index (χ0) is 12.4. The molecule has 1 aromatic carbocycles. The topological polar surface area (TPSA) is 61.0 Å². The Morgan fingerprint density at radius 2 is 1.94 bits per heavy atom. The Bertz CT molecular complexity index is 522. The van der Waals surface area contributed by atoms with E-state index in [1.807, 2.05) is 6.92 Å². The van der Waals surface area contributed by atoms with Crippen LogP contribution in [0.2, 0.25) is 5.02 Å². The number of aryl methyl sites for hydroxylation is 1. The molecule has 0 atom stereocenters. The maximum absolute atomic E-state index is 13.5. The molecule has 0 aliphatic carbocycles. The zero-order valence-corrected chi connectivity index (χ0v) is 9.70. The summed E-state index contributed by atoms with van der Waals surface area (Å²) in [4.78, 5) is 7.78. The van der Waals surface area contributed by atoms with E-state index in [2.05, 4.69) is 9.97 Å². The number of anilines is 1. The van der Waals surface area contributed by atoms with E-state index < -0.39 is 5.82 Å². The van der Waals surface area contributed by atoms with Crippen molar-refractivity contribution in [2.45, 2.75) is 6.92 Å². The van der Waals surface area contributed by atoms with Crippen LogP contribution in [0.15, 0.2) is 24.5 Å². The lowest BCUT2D eigenvalue weighted by Crippen LogP contribution is -1.98. The number of halogens is 2. The minimum Gasteiger partial charge on any atom is -0.419 e. The van der Waals surface area contributed by atoms with E-state index >= 15 is 0 Å². The highest BCUT2D eigenvalue weighted by Crippen LogP contribution is 2.31. The molecule has 0 fully saturated rings. The molecule has 0 aliphatic rings. The van der Waals surface area contributed by atoms with Crippen LogP contribution in [0.3, 0.4) is 0 Å². The number of hydrogen-bond acceptors (Lipinski definition) is 4. The zero-order valence-electron chi connectivity index (χ0n) is 8.95. The van der Waals surface area contributed by atoms with Crippen molar-refractivity contribution in [2.24, 2.45) is 0 Å². The third-order valence-electron chi connectivity index (χ3n) is 1.99. The maximum Gasteiger partial charge on any atom is 0.322 e. The Kier molecular flexibility index (Phi) is 3.10. The molecule has 0 aliphatic heterocycles. The van der Waals surface area contributed by atoms with Gasteiger partial charge in [0.05, 0.1) is 5.69 Å². The molecule has 17 heavy (non-hydrogen) atoms. The van der Waals surface area contributed by atoms with Crippen LogP contribution >= 0.6 is 11.6 Å². The van der Waals surface area contributed by atoms with Crippen molar-refractivity contribution >= 4 is 17.3 Å². The van der Waals surface area contributed by atoms with E-state index in [9.17, 15) is 4.39 Å². The highest BCUT2D eigenvalue weighted by Gasteiger charge is 2.12. The molecule has 0 unspecified atom stereocenters. The summed E-state index contributed by atoms with van der Waals surface area (Å²) in [5, 5.41) is 0.206. The summed E-state index contributed by atoms with van der Waals surface area (Å²) in [6, 6.07) is 2.54. The molecule has 2 aromatic rings. The molecular weight excluding hydrogens is 245 g/mol. The summed E-state index contributed by atoms with van der Waals surface area (Å²) < 4.78 is 18.7. The second kappa shape index (κ2) is 4.55. The molecule has 88 valence electrons. The van der Waals surface area contributed by atoms with E-state index in [1.165, 1.54) is 6.07 Å². The average Bonchev–Trinajstić information content (AvgIpc) is 2.26. The van der Waals surface area contributed by atoms with E-state index in [0.717, 1.165) is 11.6 Å². The van der Waals surface area contributed by atoms with Crippen LogP contribution in [0.1, 0.15) is 5.56 Å². The molecule has 0 radical (unpaired) electrons. The lowest BCUT2D eigenvalue weighted by atomic mass is 10.3. The van der Waals surface area contributed by atoms with E-state index in [4.69, 9.17) is 22.1 Å². The number of benzene rings is 1. The summed E-state index contributed by atoms with van der Waals surface area (Å²) >= 11 is 5.64. The van der Waals surface area contributed by atoms with Crippen molar-refractivity contribution in [2.75, 3.05) is 5.73 Å². The van der Waals surface area contributed by atoms with E-state index in [-0.39, 0.29) is 22.5 Å². The van der Waals surface area contributed by atoms with Gasteiger partial charge in [-0.3, -0.25) is 0 Å². The Hall–Kier alpha value is -1.88. The van der Waals surface area contributed by atoms with Gasteiger partial charge in [-0.2, -0.15) is 0 Å². The maximum atomic E-state index is 13.5. The highest BCUT2D eigenvalue weighted by atomic mass is 35.5. The fourth-order valence-electron chi connectivity index (χ4n) is 1.21. The summed E-state index contributed by atoms with van der Waals surface area (Å²) in [5.74, 6) is -0.780. The highest BCUT2D eigenvalue weighted by molar-refractivity contribution is 6.30. The van der Waals surface area contributed by atoms with Gasteiger partial charge in [0.15, 0.2) is 11.6 Å². The second-order valence-corrected chi connectivity index (χ2v) is 3.89. The predicted molar refractivity (Wildman–Crippen MR) is 62.7 cm³/mol. The fraction of sp³-hybridized carbons (Fsp3) is 0.0909. The predicted octanol–water partition coefficient (Wildman–Crippen LogP) is 2.95. The molecule has 0 amide bonds. The molecule has 0 saturated heterocycles. The first-order chi connectivity index (χ1) is 8.06. The van der Waals surface area contributed by atoms with Gasteiger partial charge < -0.3 is 10.5 Å². The minimum atomic E-state index is -0.654. The van der Waals surface area contributed by atoms with Crippen LogP contribution in [0.4, 0.5) is 10.1 Å². The molecule has 0 saturated carbocycles. The summed E-state index contributed by atoms with van der Waals surface area (Å²) in [7, 11) is 0. The smallest absolute Gasteiger partial charge is 0.322 e. The molecule has 4 nitrogen and oxygen atoms in total. The van der Waals surface area contributed by atoms with Crippen LogP contribution in [0.5, 0.6) is 11.8 Å². The first-order valence-corrected chi connectivity index (χ1v) is 5.15. The summed E-state index contributed by atoms with van der Waals surface area (Å²) in [6.07, 6.45) is 3.12. The molecule has 2 rings (SSSR count). The third kappa shape index (κ3) is 2.62. The van der Waals surface area contributed by atoms with Gasteiger partial charge in [0.2, 0.25) is 0 Å². The van der Waals surface area contributed by atoms with Gasteiger partial charge in [-0.1, -0.05) is 11.6 Å². The first kappa shape index (κ1) is 11.6. The number of nitrogens with zero attached hydrogens (tertiary/aromatic N) is 2. The van der Waals surface area contributed by atoms with Crippen LogP contribution < -0.4 is 10.5 Å². The minimum absolute atomic E-state index is 0.0310. The quantitative estimate of drug-likeness (QED) is 0.836. The van der Waals surface area contributed by atoms with Gasteiger partial charge in [-0.05, 0) is 24.6 Å². The van der Waals surface area contributed by atoms with Gasteiger partial charge >= 0.3 is 6.01 Å². The van der Waals surface area contributed by atoms with Crippen molar-refractivity contribution in [1.82, 2.24) is 9.97 Å². The van der Waals surface area contributed by atoms with Gasteiger partial charge in [0.25, 0.3) is 0 Å². The molecule has 1 heterocycles. The number of hydrogen-bond donors (Lipinski definition) is 1. The Labute approximate surface area is 102 Å². The second-order valence-electron chi connectivity index (χ2n) is 3.45. The number of nitrogens with two attached hydrogens (primary N) is 1. The average molecular weight is 254 g/mol. The first-order valence-electron chi connectivity index (χ1n) is 4.77. The van der Waals surface area contributed by atoms with Crippen LogP contribution in [0.25, 0.3) is 0 Å². The summed E-state index contributed by atoms with van der Waals surface area (Å²) in [6.45, 7) is 1.83. The van der Waals surface area contributed by atoms with Crippen molar-refractivity contribution in [1.29, 1.82) is 0 Å². The van der Waals surface area contributed by atoms with Crippen molar-refractivity contribution in [3.8, 4) is 11.8 Å². The molecule has 1 aromatic heterocycles. The monoisotopic (exact) mass is 253 g/mol. The standard InChI is InChI=1S/C11H9ClFN3O/c1-6-4-15-11(16-5-6)17-10-8(13)2-7(12)3-9(10)14/h2-5H,14H2,1H3. The van der Waals surface area contributed by atoms with Crippen molar-refractivity contribution in [3.63, 3.8) is 0 Å². The largest absolute Gasteiger partial charge is 0.419 e. The van der Waals surface area contributed by atoms with Crippen LogP contribution in [0, 0.1) is 12.7 Å². The number of ether oxygens (including phenoxy) is 1. The van der Waals surface area contributed by atoms with Crippen molar-refractivity contribution < 1.29 is 9.13 Å². The Morgan fingerprint density at radius 3 is 2.53 bits per heavy atom. The lowest BCUT2D eigenvalue weighted by molar-refractivity contribution is 0.413. The van der Waals surface area contributed by atoms with Crippen LogP contribution in [-0.2, 0) is 0 Å². The normalized spacial score (nSPS) is 10.3. The molecule has 0 spiro atoms. The van der Waals surface area contributed by atoms with Crippen LogP contribution in [-0.4, -0.2) is 9.97 Å². The van der Waals surface area contributed by atoms with Gasteiger partial charge in [-0.25, -0.2) is 14.4 Å². The van der Waals surface area contributed by atoms with Crippen molar-refractivity contribution in [3.05, 3.63) is 40.9 Å². The van der Waals surface area contributed by atoms with Gasteiger partial charge in [-0.15, -0.1) is 0 Å². The Balaban J connectivity index is 2.33. The lowest BCUT2D eigenvalue weighted by Gasteiger charge is -2.08. The van der Waals surface area contributed by atoms with Gasteiger partial charge in [0, 0.05) is 17.4 Å².